The van der Waals surface area contributed by atoms with Crippen molar-refractivity contribution in [2.24, 2.45) is 0 Å². The number of para-hydroxylation sites is 1. The first-order chi connectivity index (χ1) is 15.3. The number of carbonyl (C=O) groups excluding carboxylic acids is 2. The molecule has 0 aliphatic carbocycles. The fraction of sp³-hybridized carbons (Fsp3) is 0.231. The molecule has 1 heterocycles. The van der Waals surface area contributed by atoms with Gasteiger partial charge in [0, 0.05) is 29.6 Å². The summed E-state index contributed by atoms with van der Waals surface area (Å²) in [6, 6.07) is 20.8. The van der Waals surface area contributed by atoms with Crippen LogP contribution in [0.4, 0.5) is 10.1 Å². The maximum Gasteiger partial charge on any atom is 0.265 e. The lowest BCUT2D eigenvalue weighted by Gasteiger charge is -2.26. The van der Waals surface area contributed by atoms with Crippen LogP contribution in [0.1, 0.15) is 35.3 Å². The van der Waals surface area contributed by atoms with Gasteiger partial charge in [0.1, 0.15) is 11.6 Å². The van der Waals surface area contributed by atoms with Gasteiger partial charge >= 0.3 is 0 Å². The van der Waals surface area contributed by atoms with Gasteiger partial charge in [-0.1, -0.05) is 56.3 Å². The van der Waals surface area contributed by atoms with Crippen LogP contribution >= 0.6 is 0 Å². The molecule has 0 saturated carbocycles. The van der Waals surface area contributed by atoms with Crippen LogP contribution in [0.2, 0.25) is 0 Å². The molecule has 0 radical (unpaired) electrons. The summed E-state index contributed by atoms with van der Waals surface area (Å²) in [5.74, 6) is -0.138. The first-order valence-corrected chi connectivity index (χ1v) is 10.5. The van der Waals surface area contributed by atoms with Gasteiger partial charge in [-0.15, -0.1) is 0 Å². The van der Waals surface area contributed by atoms with Crippen molar-refractivity contribution in [3.63, 3.8) is 0 Å². The molecule has 2 amide bonds. The number of nitrogens with one attached hydrogen (secondary N) is 2. The van der Waals surface area contributed by atoms with Gasteiger partial charge in [0.25, 0.3) is 11.8 Å². The Morgan fingerprint density at radius 3 is 2.56 bits per heavy atom. The highest BCUT2D eigenvalue weighted by atomic mass is 19.1. The van der Waals surface area contributed by atoms with Crippen LogP contribution in [0.3, 0.4) is 0 Å². The molecule has 1 aliphatic rings. The van der Waals surface area contributed by atoms with Crippen LogP contribution in [0.15, 0.2) is 72.8 Å². The van der Waals surface area contributed by atoms with Gasteiger partial charge in [0.05, 0.1) is 0 Å². The Morgan fingerprint density at radius 1 is 1.03 bits per heavy atom. The third kappa shape index (κ3) is 4.64. The molecule has 0 saturated heterocycles. The van der Waals surface area contributed by atoms with Crippen LogP contribution in [0, 0.1) is 5.82 Å². The minimum absolute atomic E-state index is 0.261. The maximum absolute atomic E-state index is 14.2. The summed E-state index contributed by atoms with van der Waals surface area (Å²) >= 11 is 0. The Labute approximate surface area is 186 Å². The van der Waals surface area contributed by atoms with E-state index in [4.69, 9.17) is 4.74 Å². The Balaban J connectivity index is 1.38. The van der Waals surface area contributed by atoms with Gasteiger partial charge in [0.15, 0.2) is 6.10 Å². The summed E-state index contributed by atoms with van der Waals surface area (Å²) in [5, 5.41) is 5.70. The van der Waals surface area contributed by atoms with Crippen LogP contribution in [-0.4, -0.2) is 24.5 Å². The number of benzene rings is 3. The van der Waals surface area contributed by atoms with Crippen LogP contribution in [0.5, 0.6) is 5.75 Å². The molecule has 1 atom stereocenters. The highest BCUT2D eigenvalue weighted by Crippen LogP contribution is 2.29. The van der Waals surface area contributed by atoms with Gasteiger partial charge in [-0.2, -0.15) is 0 Å². The number of anilines is 1. The monoisotopic (exact) mass is 432 g/mol. The van der Waals surface area contributed by atoms with E-state index in [1.54, 1.807) is 42.5 Å². The second-order valence-corrected chi connectivity index (χ2v) is 8.53. The van der Waals surface area contributed by atoms with E-state index in [0.717, 1.165) is 11.3 Å². The Morgan fingerprint density at radius 2 is 1.78 bits per heavy atom. The zero-order valence-corrected chi connectivity index (χ0v) is 18.0. The first-order valence-electron chi connectivity index (χ1n) is 10.5. The molecular weight excluding hydrogens is 407 g/mol. The number of hydrogen-bond donors (Lipinski definition) is 2. The number of halogens is 1. The van der Waals surface area contributed by atoms with Crippen molar-refractivity contribution in [3.05, 3.63) is 95.3 Å². The zero-order valence-electron chi connectivity index (χ0n) is 18.0. The van der Waals surface area contributed by atoms with Crippen LogP contribution in [0.25, 0.3) is 0 Å². The molecule has 0 bridgehead atoms. The summed E-state index contributed by atoms with van der Waals surface area (Å²) in [5.41, 5.74) is 1.87. The van der Waals surface area contributed by atoms with Gasteiger partial charge < -0.3 is 15.4 Å². The molecule has 0 aromatic heterocycles. The molecule has 6 heteroatoms. The van der Waals surface area contributed by atoms with Crippen molar-refractivity contribution >= 4 is 17.5 Å². The second kappa shape index (κ2) is 8.83. The molecule has 1 aliphatic heterocycles. The fourth-order valence-corrected chi connectivity index (χ4v) is 3.80. The maximum atomic E-state index is 14.2. The minimum atomic E-state index is -0.605. The van der Waals surface area contributed by atoms with Crippen molar-refractivity contribution < 1.29 is 18.7 Å². The molecule has 4 rings (SSSR count). The second-order valence-electron chi connectivity index (χ2n) is 8.53. The van der Waals surface area contributed by atoms with Crippen molar-refractivity contribution in [2.75, 3.05) is 11.9 Å². The predicted octanol–water partition coefficient (Wildman–Crippen LogP) is 4.48. The quantitative estimate of drug-likeness (QED) is 0.604. The third-order valence-electron chi connectivity index (χ3n) is 5.63. The molecule has 0 fully saturated rings. The molecule has 32 heavy (non-hydrogen) atoms. The van der Waals surface area contributed by atoms with E-state index in [9.17, 15) is 14.0 Å². The lowest BCUT2D eigenvalue weighted by Crippen LogP contribution is -2.37. The van der Waals surface area contributed by atoms with E-state index >= 15 is 0 Å². The minimum Gasteiger partial charge on any atom is -0.480 e. The number of ether oxygens (including phenoxy) is 1. The smallest absolute Gasteiger partial charge is 0.265 e. The molecule has 3 aromatic carbocycles. The number of rotatable bonds is 6. The Hall–Kier alpha value is -3.67. The highest BCUT2D eigenvalue weighted by Gasteiger charge is 2.29. The van der Waals surface area contributed by atoms with Crippen LogP contribution < -0.4 is 15.4 Å². The molecule has 1 unspecified atom stereocenters. The van der Waals surface area contributed by atoms with Gasteiger partial charge in [-0.3, -0.25) is 9.59 Å². The summed E-state index contributed by atoms with van der Waals surface area (Å²) in [6.07, 6.45) is -0.0979. The van der Waals surface area contributed by atoms with E-state index < -0.39 is 11.5 Å². The SMILES string of the molecule is CC(C)(CNC(=O)c1cccc(NC(=O)C2Cc3ccccc3O2)c1)c1ccccc1F. The number of amides is 2. The van der Waals surface area contributed by atoms with E-state index in [2.05, 4.69) is 10.6 Å². The molecule has 5 nitrogen and oxygen atoms in total. The predicted molar refractivity (Wildman–Crippen MR) is 121 cm³/mol. The van der Waals surface area contributed by atoms with E-state index in [-0.39, 0.29) is 24.2 Å². The summed E-state index contributed by atoms with van der Waals surface area (Å²) in [6.45, 7) is 4.02. The average Bonchev–Trinajstić information content (AvgIpc) is 3.22. The lowest BCUT2D eigenvalue weighted by molar-refractivity contribution is -0.122. The number of hydrogen-bond acceptors (Lipinski definition) is 3. The van der Waals surface area contributed by atoms with E-state index in [1.807, 2.05) is 38.1 Å². The van der Waals surface area contributed by atoms with Crippen molar-refractivity contribution in [2.45, 2.75) is 31.8 Å². The number of carbonyl (C=O) groups is 2. The van der Waals surface area contributed by atoms with Crippen molar-refractivity contribution in [1.82, 2.24) is 5.32 Å². The highest BCUT2D eigenvalue weighted by molar-refractivity contribution is 5.98. The molecule has 3 aromatic rings. The fourth-order valence-electron chi connectivity index (χ4n) is 3.80. The Kier molecular flexibility index (Phi) is 5.95. The third-order valence-corrected chi connectivity index (χ3v) is 5.63. The standard InChI is InChI=1S/C26H25FN2O3/c1-26(2,20-11-4-5-12-21(20)27)16-28-24(30)18-9-7-10-19(14-18)29-25(31)23-15-17-8-3-6-13-22(17)32-23/h3-14,23H,15-16H2,1-2H3,(H,28,30)(H,29,31). The normalized spacial score (nSPS) is 14.9. The number of fused-ring (bicyclic) bond motifs is 1. The van der Waals surface area contributed by atoms with Crippen molar-refractivity contribution in [3.8, 4) is 5.75 Å². The topological polar surface area (TPSA) is 67.4 Å². The summed E-state index contributed by atoms with van der Waals surface area (Å²) < 4.78 is 19.9. The summed E-state index contributed by atoms with van der Waals surface area (Å²) in [7, 11) is 0. The van der Waals surface area contributed by atoms with E-state index in [0.29, 0.717) is 23.2 Å². The van der Waals surface area contributed by atoms with Crippen LogP contribution in [-0.2, 0) is 16.6 Å². The largest absolute Gasteiger partial charge is 0.480 e. The average molecular weight is 432 g/mol. The molecule has 164 valence electrons. The van der Waals surface area contributed by atoms with E-state index in [1.165, 1.54) is 6.07 Å². The Bertz CT molecular complexity index is 1130. The zero-order chi connectivity index (χ0) is 22.7. The lowest BCUT2D eigenvalue weighted by atomic mass is 9.84. The van der Waals surface area contributed by atoms with Gasteiger partial charge in [0.2, 0.25) is 0 Å². The molecule has 0 spiro atoms. The van der Waals surface area contributed by atoms with Crippen molar-refractivity contribution in [1.29, 1.82) is 0 Å². The summed E-state index contributed by atoms with van der Waals surface area (Å²) in [4.78, 5) is 25.3. The van der Waals surface area contributed by atoms with Gasteiger partial charge in [-0.05, 0) is 41.5 Å². The molecular formula is C26H25FN2O3. The molecule has 2 N–H and O–H groups in total. The van der Waals surface area contributed by atoms with Gasteiger partial charge in [-0.25, -0.2) is 4.39 Å². The first kappa shape index (κ1) is 21.6.